The summed E-state index contributed by atoms with van der Waals surface area (Å²) in [5.74, 6) is -0.455. The lowest BCUT2D eigenvalue weighted by Crippen LogP contribution is -2.43. The van der Waals surface area contributed by atoms with Gasteiger partial charge in [-0.25, -0.2) is 0 Å². The minimum Gasteiger partial charge on any atom is -0.469 e. The summed E-state index contributed by atoms with van der Waals surface area (Å²) >= 11 is 0. The van der Waals surface area contributed by atoms with E-state index in [0.717, 1.165) is 12.8 Å². The Balaban J connectivity index is 4.68. The lowest BCUT2D eigenvalue weighted by molar-refractivity contribution is -0.148. The van der Waals surface area contributed by atoms with Crippen LogP contribution >= 0.6 is 0 Å². The second-order valence-electron chi connectivity index (χ2n) is 5.78. The molecule has 0 aromatic rings. The van der Waals surface area contributed by atoms with Crippen LogP contribution in [0.1, 0.15) is 47.5 Å². The third-order valence-corrected chi connectivity index (χ3v) is 2.81. The number of methoxy groups -OCH3 is 1. The largest absolute Gasteiger partial charge is 0.469 e. The maximum absolute atomic E-state index is 12.3. The highest BCUT2D eigenvalue weighted by Crippen LogP contribution is 2.19. The first kappa shape index (κ1) is 16.9. The fraction of sp³-hybridized carbons (Fsp3) is 0.857. The van der Waals surface area contributed by atoms with Crippen molar-refractivity contribution in [1.29, 1.82) is 0 Å². The highest BCUT2D eigenvalue weighted by Gasteiger charge is 2.29. The Morgan fingerprint density at radius 2 is 1.83 bits per heavy atom. The average Bonchev–Trinajstić information content (AvgIpc) is 2.30. The van der Waals surface area contributed by atoms with Gasteiger partial charge in [-0.3, -0.25) is 9.59 Å². The van der Waals surface area contributed by atoms with Crippen molar-refractivity contribution >= 4 is 11.9 Å². The number of unbranched alkanes of at least 4 members (excludes halogenated alkanes) is 1. The summed E-state index contributed by atoms with van der Waals surface area (Å²) in [5, 5.41) is 0. The summed E-state index contributed by atoms with van der Waals surface area (Å²) in [6, 6.07) is 0. The number of rotatable bonds is 6. The Morgan fingerprint density at radius 1 is 1.28 bits per heavy atom. The molecule has 4 heteroatoms. The third-order valence-electron chi connectivity index (χ3n) is 2.81. The van der Waals surface area contributed by atoms with Crippen molar-refractivity contribution in [3.63, 3.8) is 0 Å². The fourth-order valence-electron chi connectivity index (χ4n) is 1.71. The molecule has 0 saturated carbocycles. The van der Waals surface area contributed by atoms with Crippen LogP contribution in [0.3, 0.4) is 0 Å². The number of amides is 1. The molecule has 0 aliphatic heterocycles. The van der Waals surface area contributed by atoms with Crippen LogP contribution in [0.5, 0.6) is 0 Å². The topological polar surface area (TPSA) is 46.6 Å². The molecule has 0 aliphatic rings. The van der Waals surface area contributed by atoms with Crippen molar-refractivity contribution in [2.45, 2.75) is 47.5 Å². The molecule has 0 N–H and O–H groups in total. The smallest absolute Gasteiger partial charge is 0.310 e. The van der Waals surface area contributed by atoms with Crippen LogP contribution in [0, 0.1) is 11.3 Å². The summed E-state index contributed by atoms with van der Waals surface area (Å²) in [7, 11) is 1.38. The Labute approximate surface area is 111 Å². The van der Waals surface area contributed by atoms with Crippen molar-refractivity contribution in [3.8, 4) is 0 Å². The second kappa shape index (κ2) is 7.39. The van der Waals surface area contributed by atoms with Gasteiger partial charge < -0.3 is 9.64 Å². The predicted molar refractivity (Wildman–Crippen MR) is 72.1 cm³/mol. The number of carbonyl (C=O) groups is 2. The molecule has 4 nitrogen and oxygen atoms in total. The van der Waals surface area contributed by atoms with Crippen molar-refractivity contribution in [2.75, 3.05) is 20.2 Å². The zero-order valence-electron chi connectivity index (χ0n) is 12.6. The zero-order chi connectivity index (χ0) is 14.3. The summed E-state index contributed by atoms with van der Waals surface area (Å²) in [5.41, 5.74) is -0.413. The van der Waals surface area contributed by atoms with E-state index in [1.165, 1.54) is 7.11 Å². The molecule has 0 bridgehead atoms. The molecule has 1 unspecified atom stereocenters. The van der Waals surface area contributed by atoms with Crippen molar-refractivity contribution < 1.29 is 14.3 Å². The number of carbonyl (C=O) groups excluding carboxylic acids is 2. The lowest BCUT2D eigenvalue weighted by atomic mass is 9.94. The monoisotopic (exact) mass is 257 g/mol. The van der Waals surface area contributed by atoms with Crippen LogP contribution in [0.2, 0.25) is 0 Å². The molecule has 0 aromatic heterocycles. The summed E-state index contributed by atoms with van der Waals surface area (Å²) in [4.78, 5) is 25.5. The van der Waals surface area contributed by atoms with Crippen molar-refractivity contribution in [2.24, 2.45) is 11.3 Å². The molecule has 0 spiro atoms. The van der Waals surface area contributed by atoms with Gasteiger partial charge in [-0.1, -0.05) is 41.0 Å². The van der Waals surface area contributed by atoms with Gasteiger partial charge >= 0.3 is 5.97 Å². The van der Waals surface area contributed by atoms with Gasteiger partial charge in [0.05, 0.1) is 13.0 Å². The zero-order valence-corrected chi connectivity index (χ0v) is 12.6. The Hall–Kier alpha value is -1.06. The third kappa shape index (κ3) is 5.52. The SMILES string of the molecule is CCCCN(CC(C)C(=O)OC)C(=O)C(C)(C)C. The van der Waals surface area contributed by atoms with E-state index in [9.17, 15) is 9.59 Å². The Kier molecular flexibility index (Phi) is 6.96. The van der Waals surface area contributed by atoms with E-state index in [2.05, 4.69) is 6.92 Å². The van der Waals surface area contributed by atoms with Crippen LogP contribution in [0.25, 0.3) is 0 Å². The number of nitrogens with zero attached hydrogens (tertiary/aromatic N) is 1. The van der Waals surface area contributed by atoms with Crippen LogP contribution in [-0.4, -0.2) is 37.0 Å². The van der Waals surface area contributed by atoms with E-state index in [1.807, 2.05) is 20.8 Å². The van der Waals surface area contributed by atoms with Gasteiger partial charge in [0.2, 0.25) is 5.91 Å². The lowest BCUT2D eigenvalue weighted by Gasteiger charge is -2.31. The first-order chi connectivity index (χ1) is 8.23. The van der Waals surface area contributed by atoms with E-state index in [4.69, 9.17) is 4.74 Å². The molecule has 0 aromatic carbocycles. The minimum atomic E-state index is -0.413. The Morgan fingerprint density at radius 3 is 2.22 bits per heavy atom. The molecule has 0 radical (unpaired) electrons. The maximum atomic E-state index is 12.3. The van der Waals surface area contributed by atoms with Gasteiger partial charge in [-0.15, -0.1) is 0 Å². The number of hydrogen-bond donors (Lipinski definition) is 0. The summed E-state index contributed by atoms with van der Waals surface area (Å²) in [6.45, 7) is 10.7. The number of hydrogen-bond acceptors (Lipinski definition) is 3. The summed E-state index contributed by atoms with van der Waals surface area (Å²) < 4.78 is 4.71. The average molecular weight is 257 g/mol. The predicted octanol–water partition coefficient (Wildman–Crippen LogP) is 2.47. The second-order valence-corrected chi connectivity index (χ2v) is 5.78. The number of esters is 1. The molecular formula is C14H27NO3. The molecule has 0 heterocycles. The highest BCUT2D eigenvalue weighted by molar-refractivity contribution is 5.82. The number of ether oxygens (including phenoxy) is 1. The highest BCUT2D eigenvalue weighted by atomic mass is 16.5. The van der Waals surface area contributed by atoms with E-state index in [-0.39, 0.29) is 17.8 Å². The van der Waals surface area contributed by atoms with Crippen LogP contribution in [-0.2, 0) is 14.3 Å². The molecule has 1 atom stereocenters. The molecule has 106 valence electrons. The van der Waals surface area contributed by atoms with Crippen LogP contribution < -0.4 is 0 Å². The van der Waals surface area contributed by atoms with Crippen molar-refractivity contribution in [3.05, 3.63) is 0 Å². The van der Waals surface area contributed by atoms with Gasteiger partial charge in [0.15, 0.2) is 0 Å². The standard InChI is InChI=1S/C14H27NO3/c1-7-8-9-15(13(17)14(3,4)5)10-11(2)12(16)18-6/h11H,7-10H2,1-6H3. The first-order valence-electron chi connectivity index (χ1n) is 6.61. The van der Waals surface area contributed by atoms with Gasteiger partial charge in [0.25, 0.3) is 0 Å². The van der Waals surface area contributed by atoms with E-state index >= 15 is 0 Å². The van der Waals surface area contributed by atoms with Crippen molar-refractivity contribution in [1.82, 2.24) is 4.90 Å². The normalized spacial score (nSPS) is 13.0. The molecule has 0 aliphatic carbocycles. The van der Waals surface area contributed by atoms with E-state index < -0.39 is 5.41 Å². The van der Waals surface area contributed by atoms with Crippen LogP contribution in [0.4, 0.5) is 0 Å². The molecule has 0 rings (SSSR count). The van der Waals surface area contributed by atoms with Gasteiger partial charge in [-0.05, 0) is 6.42 Å². The molecule has 0 saturated heterocycles. The minimum absolute atomic E-state index is 0.0895. The quantitative estimate of drug-likeness (QED) is 0.687. The van der Waals surface area contributed by atoms with Gasteiger partial charge in [0, 0.05) is 18.5 Å². The molecule has 1 amide bonds. The van der Waals surface area contributed by atoms with Crippen LogP contribution in [0.15, 0.2) is 0 Å². The van der Waals surface area contributed by atoms with Gasteiger partial charge in [-0.2, -0.15) is 0 Å². The summed E-state index contributed by atoms with van der Waals surface area (Å²) in [6.07, 6.45) is 1.98. The van der Waals surface area contributed by atoms with Gasteiger partial charge in [0.1, 0.15) is 0 Å². The Bertz CT molecular complexity index is 281. The molecular weight excluding hydrogens is 230 g/mol. The fourth-order valence-corrected chi connectivity index (χ4v) is 1.71. The van der Waals surface area contributed by atoms with E-state index in [1.54, 1.807) is 11.8 Å². The molecule has 18 heavy (non-hydrogen) atoms. The first-order valence-corrected chi connectivity index (χ1v) is 6.61. The van der Waals surface area contributed by atoms with E-state index in [0.29, 0.717) is 13.1 Å². The maximum Gasteiger partial charge on any atom is 0.310 e. The molecule has 0 fully saturated rings.